The van der Waals surface area contributed by atoms with Crippen molar-refractivity contribution in [2.45, 2.75) is 13.3 Å². The van der Waals surface area contributed by atoms with E-state index in [2.05, 4.69) is 48.7 Å². The molecule has 1 nitrogen and oxygen atoms in total. The van der Waals surface area contributed by atoms with Crippen LogP contribution in [0.5, 0.6) is 0 Å². The van der Waals surface area contributed by atoms with E-state index in [0.29, 0.717) is 0 Å². The quantitative estimate of drug-likeness (QED) is 0.685. The lowest BCUT2D eigenvalue weighted by atomic mass is 10.0. The molecule has 0 spiro atoms. The summed E-state index contributed by atoms with van der Waals surface area (Å²) in [6.45, 7) is 2.15. The van der Waals surface area contributed by atoms with Gasteiger partial charge in [0, 0.05) is 17.5 Å². The average Bonchev–Trinajstić information content (AvgIpc) is 2.19. The molecule has 1 N–H and O–H groups in total. The Bertz CT molecular complexity index is 361. The molecule has 0 fully saturated rings. The van der Waals surface area contributed by atoms with Crippen LogP contribution in [0.4, 0.5) is 0 Å². The highest BCUT2D eigenvalue weighted by Crippen LogP contribution is 2.22. The van der Waals surface area contributed by atoms with E-state index in [0.717, 1.165) is 6.42 Å². The Hall–Kier alpha value is -1.50. The highest BCUT2D eigenvalue weighted by Gasteiger charge is 2.06. The van der Waals surface area contributed by atoms with Crippen LogP contribution in [0.3, 0.4) is 0 Å². The minimum atomic E-state index is 1.06. The van der Waals surface area contributed by atoms with Crippen molar-refractivity contribution in [2.24, 2.45) is 0 Å². The lowest BCUT2D eigenvalue weighted by molar-refractivity contribution is 1.14. The SMILES string of the molecule is CCC=C1NC=Cc2ccccc21. The lowest BCUT2D eigenvalue weighted by Gasteiger charge is -2.15. The predicted molar refractivity (Wildman–Crippen MR) is 56.9 cm³/mol. The van der Waals surface area contributed by atoms with Crippen LogP contribution in [0.15, 0.2) is 36.5 Å². The third-order valence-corrected chi connectivity index (χ3v) is 2.16. The second kappa shape index (κ2) is 3.48. The Balaban J connectivity index is 2.49. The maximum absolute atomic E-state index is 3.26. The zero-order valence-electron chi connectivity index (χ0n) is 7.75. The summed E-state index contributed by atoms with van der Waals surface area (Å²) in [5.41, 5.74) is 3.81. The summed E-state index contributed by atoms with van der Waals surface area (Å²) in [7, 11) is 0. The van der Waals surface area contributed by atoms with E-state index >= 15 is 0 Å². The Morgan fingerprint density at radius 3 is 3.00 bits per heavy atom. The number of fused-ring (bicyclic) bond motifs is 1. The van der Waals surface area contributed by atoms with Crippen molar-refractivity contribution >= 4 is 11.8 Å². The molecule has 66 valence electrons. The summed E-state index contributed by atoms with van der Waals surface area (Å²) in [6.07, 6.45) is 7.36. The van der Waals surface area contributed by atoms with Gasteiger partial charge in [0.25, 0.3) is 0 Å². The molecular weight excluding hydrogens is 158 g/mol. The molecule has 1 heteroatoms. The van der Waals surface area contributed by atoms with Crippen LogP contribution >= 0.6 is 0 Å². The van der Waals surface area contributed by atoms with Gasteiger partial charge in [0.2, 0.25) is 0 Å². The van der Waals surface area contributed by atoms with Crippen LogP contribution in [0.1, 0.15) is 24.5 Å². The van der Waals surface area contributed by atoms with Gasteiger partial charge in [-0.2, -0.15) is 0 Å². The van der Waals surface area contributed by atoms with E-state index in [4.69, 9.17) is 0 Å². The summed E-state index contributed by atoms with van der Waals surface area (Å²) >= 11 is 0. The monoisotopic (exact) mass is 171 g/mol. The molecule has 1 aromatic rings. The molecule has 0 saturated heterocycles. The van der Waals surface area contributed by atoms with Gasteiger partial charge in [-0.3, -0.25) is 0 Å². The Kier molecular flexibility index (Phi) is 2.17. The molecule has 0 bridgehead atoms. The molecular formula is C12H13N. The minimum absolute atomic E-state index is 1.06. The lowest BCUT2D eigenvalue weighted by Crippen LogP contribution is -2.08. The minimum Gasteiger partial charge on any atom is -0.361 e. The van der Waals surface area contributed by atoms with Crippen LogP contribution in [0.2, 0.25) is 0 Å². The maximum atomic E-state index is 3.26. The first-order valence-corrected chi connectivity index (χ1v) is 4.64. The molecule has 1 heterocycles. The van der Waals surface area contributed by atoms with Gasteiger partial charge in [-0.15, -0.1) is 0 Å². The molecule has 0 radical (unpaired) electrons. The molecule has 1 aliphatic heterocycles. The van der Waals surface area contributed by atoms with Crippen molar-refractivity contribution in [3.05, 3.63) is 47.7 Å². The van der Waals surface area contributed by atoms with E-state index in [1.165, 1.54) is 16.8 Å². The first-order chi connectivity index (χ1) is 6.42. The third kappa shape index (κ3) is 1.50. The van der Waals surface area contributed by atoms with Crippen LogP contribution in [0.25, 0.3) is 11.8 Å². The third-order valence-electron chi connectivity index (χ3n) is 2.16. The molecule has 0 atom stereocenters. The Labute approximate surface area is 78.8 Å². The summed E-state index contributed by atoms with van der Waals surface area (Å²) in [6, 6.07) is 8.42. The molecule has 0 unspecified atom stereocenters. The van der Waals surface area contributed by atoms with Crippen molar-refractivity contribution < 1.29 is 0 Å². The molecule has 13 heavy (non-hydrogen) atoms. The molecule has 1 aliphatic rings. The second-order valence-electron chi connectivity index (χ2n) is 3.09. The summed E-state index contributed by atoms with van der Waals surface area (Å²) in [4.78, 5) is 0. The molecule has 1 aromatic carbocycles. The van der Waals surface area contributed by atoms with Gasteiger partial charge < -0.3 is 5.32 Å². The Morgan fingerprint density at radius 1 is 1.31 bits per heavy atom. The van der Waals surface area contributed by atoms with E-state index in [1.807, 2.05) is 6.20 Å². The maximum Gasteiger partial charge on any atom is 0.0418 e. The van der Waals surface area contributed by atoms with Gasteiger partial charge in [0.05, 0.1) is 0 Å². The highest BCUT2D eigenvalue weighted by atomic mass is 14.9. The predicted octanol–water partition coefficient (Wildman–Crippen LogP) is 3.01. The van der Waals surface area contributed by atoms with Crippen molar-refractivity contribution in [1.82, 2.24) is 5.32 Å². The van der Waals surface area contributed by atoms with Crippen molar-refractivity contribution in [3.8, 4) is 0 Å². The second-order valence-corrected chi connectivity index (χ2v) is 3.09. The van der Waals surface area contributed by atoms with Gasteiger partial charge in [-0.25, -0.2) is 0 Å². The average molecular weight is 171 g/mol. The fourth-order valence-corrected chi connectivity index (χ4v) is 1.56. The van der Waals surface area contributed by atoms with E-state index in [1.54, 1.807) is 0 Å². The zero-order valence-corrected chi connectivity index (χ0v) is 7.75. The standard InChI is InChI=1S/C12H13N/c1-2-5-12-11-7-4-3-6-10(11)8-9-13-12/h3-9,13H,2H2,1H3. The van der Waals surface area contributed by atoms with Gasteiger partial charge in [-0.1, -0.05) is 37.3 Å². The fourth-order valence-electron chi connectivity index (χ4n) is 1.56. The van der Waals surface area contributed by atoms with Crippen LogP contribution in [-0.2, 0) is 0 Å². The van der Waals surface area contributed by atoms with Gasteiger partial charge >= 0.3 is 0 Å². The van der Waals surface area contributed by atoms with Gasteiger partial charge in [0.1, 0.15) is 0 Å². The number of allylic oxidation sites excluding steroid dienone is 1. The number of nitrogens with one attached hydrogen (secondary N) is 1. The summed E-state index contributed by atoms with van der Waals surface area (Å²) in [5.74, 6) is 0. The van der Waals surface area contributed by atoms with Crippen LogP contribution < -0.4 is 5.32 Å². The van der Waals surface area contributed by atoms with Crippen molar-refractivity contribution in [3.63, 3.8) is 0 Å². The normalized spacial score (nSPS) is 16.8. The molecule has 0 aromatic heterocycles. The topological polar surface area (TPSA) is 12.0 Å². The fraction of sp³-hybridized carbons (Fsp3) is 0.167. The number of rotatable bonds is 1. The smallest absolute Gasteiger partial charge is 0.0418 e. The number of benzene rings is 1. The number of hydrogen-bond acceptors (Lipinski definition) is 1. The molecule has 0 aliphatic carbocycles. The van der Waals surface area contributed by atoms with E-state index in [-0.39, 0.29) is 0 Å². The van der Waals surface area contributed by atoms with Crippen molar-refractivity contribution in [2.75, 3.05) is 0 Å². The van der Waals surface area contributed by atoms with Crippen LogP contribution in [-0.4, -0.2) is 0 Å². The van der Waals surface area contributed by atoms with Crippen LogP contribution in [0, 0.1) is 0 Å². The zero-order chi connectivity index (χ0) is 9.10. The molecule has 0 saturated carbocycles. The Morgan fingerprint density at radius 2 is 2.15 bits per heavy atom. The highest BCUT2D eigenvalue weighted by molar-refractivity contribution is 5.77. The number of hydrogen-bond donors (Lipinski definition) is 1. The van der Waals surface area contributed by atoms with Gasteiger partial charge in [-0.05, 0) is 18.1 Å². The van der Waals surface area contributed by atoms with E-state index in [9.17, 15) is 0 Å². The first kappa shape index (κ1) is 8.11. The summed E-state index contributed by atoms with van der Waals surface area (Å²) in [5, 5.41) is 3.26. The van der Waals surface area contributed by atoms with E-state index < -0.39 is 0 Å². The summed E-state index contributed by atoms with van der Waals surface area (Å²) < 4.78 is 0. The largest absolute Gasteiger partial charge is 0.361 e. The molecule has 2 rings (SSSR count). The molecule has 0 amide bonds. The van der Waals surface area contributed by atoms with Gasteiger partial charge in [0.15, 0.2) is 0 Å². The first-order valence-electron chi connectivity index (χ1n) is 4.64. The van der Waals surface area contributed by atoms with Crippen molar-refractivity contribution in [1.29, 1.82) is 0 Å².